The molecule has 0 fully saturated rings. The van der Waals surface area contributed by atoms with Crippen LogP contribution in [0.4, 0.5) is 0 Å². The maximum Gasteiger partial charge on any atom is 0.219 e. The van der Waals surface area contributed by atoms with Crippen LogP contribution in [-0.2, 0) is 4.79 Å². The van der Waals surface area contributed by atoms with E-state index in [0.29, 0.717) is 29.2 Å². The summed E-state index contributed by atoms with van der Waals surface area (Å²) >= 11 is 0. The van der Waals surface area contributed by atoms with Gasteiger partial charge in [0.15, 0.2) is 5.41 Å². The first-order valence-electron chi connectivity index (χ1n) is 9.29. The molecule has 30 heavy (non-hydrogen) atoms. The van der Waals surface area contributed by atoms with Gasteiger partial charge < -0.3 is 20.1 Å². The molecule has 1 aliphatic heterocycles. The number of methoxy groups -OCH3 is 2. The minimum Gasteiger partial charge on any atom is -0.497 e. The number of amides is 1. The number of carbonyl (C=O) groups excluding carboxylic acids is 1. The average Bonchev–Trinajstić information content (AvgIpc) is 2.77. The fourth-order valence-corrected chi connectivity index (χ4v) is 4.36. The molecular weight excluding hydrogens is 382 g/mol. The Kier molecular flexibility index (Phi) is 5.41. The van der Waals surface area contributed by atoms with E-state index in [1.807, 2.05) is 0 Å². The Labute approximate surface area is 175 Å². The minimum absolute atomic E-state index is 0.0800. The van der Waals surface area contributed by atoms with E-state index in [1.165, 1.54) is 21.1 Å². The van der Waals surface area contributed by atoms with E-state index >= 15 is 0 Å². The number of nitrogens with zero attached hydrogens (tertiary/aromatic N) is 4. The Hall–Kier alpha value is -3.96. The second-order valence-electron chi connectivity index (χ2n) is 7.21. The molecule has 1 aromatic carbocycles. The molecule has 1 aromatic rings. The van der Waals surface area contributed by atoms with Crippen molar-refractivity contribution < 1.29 is 14.3 Å². The van der Waals surface area contributed by atoms with Gasteiger partial charge >= 0.3 is 0 Å². The summed E-state index contributed by atoms with van der Waals surface area (Å²) in [6.07, 6.45) is 1.78. The van der Waals surface area contributed by atoms with Crippen LogP contribution in [0.3, 0.4) is 0 Å². The van der Waals surface area contributed by atoms with E-state index in [1.54, 1.807) is 29.2 Å². The van der Waals surface area contributed by atoms with Gasteiger partial charge in [-0.25, -0.2) is 0 Å². The van der Waals surface area contributed by atoms with Crippen molar-refractivity contribution in [2.75, 3.05) is 27.3 Å². The molecule has 8 heteroatoms. The van der Waals surface area contributed by atoms with Crippen LogP contribution in [0.1, 0.15) is 18.4 Å². The molecule has 0 saturated carbocycles. The quantitative estimate of drug-likeness (QED) is 0.814. The molecule has 2 atom stereocenters. The topological polar surface area (TPSA) is 136 Å². The van der Waals surface area contributed by atoms with Crippen LogP contribution in [0.25, 0.3) is 0 Å². The minimum atomic E-state index is -1.81. The normalized spacial score (nSPS) is 22.0. The molecule has 0 bridgehead atoms. The molecular formula is C22H21N5O3. The summed E-state index contributed by atoms with van der Waals surface area (Å²) in [5, 5.41) is 30.1. The summed E-state index contributed by atoms with van der Waals surface area (Å²) in [5.74, 6) is -0.424. The van der Waals surface area contributed by atoms with Crippen molar-refractivity contribution in [2.45, 2.75) is 12.8 Å². The Bertz CT molecular complexity index is 1070. The number of nitrogens with two attached hydrogens (primary N) is 1. The molecule has 0 saturated heterocycles. The van der Waals surface area contributed by atoms with E-state index in [2.05, 4.69) is 18.2 Å². The van der Waals surface area contributed by atoms with E-state index in [4.69, 9.17) is 15.2 Å². The zero-order chi connectivity index (χ0) is 22.1. The molecule has 1 aliphatic carbocycles. The van der Waals surface area contributed by atoms with Crippen molar-refractivity contribution in [1.82, 2.24) is 4.90 Å². The standard InChI is InChI=1S/C22H21N5O3/c1-13(28)27-7-6-15-17(9-23)21(26)22(11-24,12-25)20(18(15)10-27)16-8-14(29-2)4-5-19(16)30-3/h4-6,8,18,20H,7,10,26H2,1-3H3. The van der Waals surface area contributed by atoms with E-state index in [9.17, 15) is 20.6 Å². The van der Waals surface area contributed by atoms with Gasteiger partial charge in [0, 0.05) is 37.4 Å². The Morgan fingerprint density at radius 1 is 1.23 bits per heavy atom. The van der Waals surface area contributed by atoms with E-state index in [-0.39, 0.29) is 23.7 Å². The molecule has 3 rings (SSSR count). The number of benzene rings is 1. The average molecular weight is 403 g/mol. The van der Waals surface area contributed by atoms with E-state index in [0.717, 1.165) is 0 Å². The maximum absolute atomic E-state index is 12.1. The highest BCUT2D eigenvalue weighted by atomic mass is 16.5. The number of nitriles is 3. The number of hydrogen-bond acceptors (Lipinski definition) is 7. The van der Waals surface area contributed by atoms with Crippen LogP contribution in [0, 0.1) is 45.3 Å². The number of rotatable bonds is 3. The molecule has 2 unspecified atom stereocenters. The lowest BCUT2D eigenvalue weighted by Crippen LogP contribution is -2.49. The highest BCUT2D eigenvalue weighted by Crippen LogP contribution is 2.56. The first-order chi connectivity index (χ1) is 14.4. The highest BCUT2D eigenvalue weighted by molar-refractivity contribution is 5.74. The molecule has 0 radical (unpaired) electrons. The van der Waals surface area contributed by atoms with Gasteiger partial charge in [0.25, 0.3) is 0 Å². The number of hydrogen-bond donors (Lipinski definition) is 1. The summed E-state index contributed by atoms with van der Waals surface area (Å²) < 4.78 is 10.9. The molecule has 8 nitrogen and oxygen atoms in total. The van der Waals surface area contributed by atoms with Crippen molar-refractivity contribution in [1.29, 1.82) is 15.8 Å². The lowest BCUT2D eigenvalue weighted by Gasteiger charge is -2.45. The van der Waals surface area contributed by atoms with Gasteiger partial charge in [-0.2, -0.15) is 15.8 Å². The summed E-state index contributed by atoms with van der Waals surface area (Å²) in [6.45, 7) is 2.03. The largest absolute Gasteiger partial charge is 0.497 e. The zero-order valence-electron chi connectivity index (χ0n) is 17.0. The summed E-state index contributed by atoms with van der Waals surface area (Å²) in [6, 6.07) is 11.3. The van der Waals surface area contributed by atoms with Gasteiger partial charge in [0.05, 0.1) is 37.6 Å². The van der Waals surface area contributed by atoms with Crippen LogP contribution >= 0.6 is 0 Å². The van der Waals surface area contributed by atoms with Crippen LogP contribution in [0.5, 0.6) is 11.5 Å². The van der Waals surface area contributed by atoms with Crippen molar-refractivity contribution in [2.24, 2.45) is 17.1 Å². The van der Waals surface area contributed by atoms with Gasteiger partial charge in [0.2, 0.25) is 5.91 Å². The van der Waals surface area contributed by atoms with Gasteiger partial charge in [-0.3, -0.25) is 4.79 Å². The van der Waals surface area contributed by atoms with Gasteiger partial charge in [-0.15, -0.1) is 0 Å². The monoisotopic (exact) mass is 403 g/mol. The Morgan fingerprint density at radius 3 is 2.47 bits per heavy atom. The fraction of sp³-hybridized carbons (Fsp3) is 0.364. The van der Waals surface area contributed by atoms with Gasteiger partial charge in [0.1, 0.15) is 17.6 Å². The first kappa shape index (κ1) is 20.8. The van der Waals surface area contributed by atoms with Crippen LogP contribution in [-0.4, -0.2) is 38.1 Å². The summed E-state index contributed by atoms with van der Waals surface area (Å²) in [7, 11) is 3.01. The third-order valence-electron chi connectivity index (χ3n) is 5.88. The highest BCUT2D eigenvalue weighted by Gasteiger charge is 2.55. The molecule has 152 valence electrons. The zero-order valence-corrected chi connectivity index (χ0v) is 17.0. The lowest BCUT2D eigenvalue weighted by molar-refractivity contribution is -0.129. The van der Waals surface area contributed by atoms with Crippen LogP contribution in [0.2, 0.25) is 0 Å². The van der Waals surface area contributed by atoms with Crippen molar-refractivity contribution in [3.05, 3.63) is 46.7 Å². The smallest absolute Gasteiger partial charge is 0.219 e. The predicted molar refractivity (Wildman–Crippen MR) is 107 cm³/mol. The molecule has 0 aromatic heterocycles. The SMILES string of the molecule is COc1ccc(OC)c(C2C3CN(C(C)=O)CC=C3C(C#N)=C(N)C2(C#N)C#N)c1. The summed E-state index contributed by atoms with van der Waals surface area (Å²) in [4.78, 5) is 13.7. The van der Waals surface area contributed by atoms with Gasteiger partial charge in [-0.05, 0) is 23.8 Å². The summed E-state index contributed by atoms with van der Waals surface area (Å²) in [5.41, 5.74) is 5.73. The number of fused-ring (bicyclic) bond motifs is 1. The maximum atomic E-state index is 12.1. The van der Waals surface area contributed by atoms with Gasteiger partial charge in [-0.1, -0.05) is 6.08 Å². The Morgan fingerprint density at radius 2 is 1.93 bits per heavy atom. The molecule has 1 amide bonds. The second-order valence-corrected chi connectivity index (χ2v) is 7.21. The van der Waals surface area contributed by atoms with Crippen molar-refractivity contribution in [3.63, 3.8) is 0 Å². The van der Waals surface area contributed by atoms with Crippen molar-refractivity contribution in [3.8, 4) is 29.7 Å². The number of carbonyl (C=O) groups is 1. The van der Waals surface area contributed by atoms with Crippen LogP contribution in [0.15, 0.2) is 41.1 Å². The second kappa shape index (κ2) is 7.81. The molecule has 2 aliphatic rings. The van der Waals surface area contributed by atoms with Crippen molar-refractivity contribution >= 4 is 5.91 Å². The lowest BCUT2D eigenvalue weighted by atomic mass is 9.58. The van der Waals surface area contributed by atoms with E-state index < -0.39 is 17.3 Å². The third kappa shape index (κ3) is 2.93. The molecule has 2 N–H and O–H groups in total. The molecule has 0 spiro atoms. The first-order valence-corrected chi connectivity index (χ1v) is 9.29. The number of ether oxygens (including phenoxy) is 2. The fourth-order valence-electron chi connectivity index (χ4n) is 4.36. The third-order valence-corrected chi connectivity index (χ3v) is 5.88. The van der Waals surface area contributed by atoms with Crippen LogP contribution < -0.4 is 15.2 Å². The number of allylic oxidation sites excluding steroid dienone is 2. The predicted octanol–water partition coefficient (Wildman–Crippen LogP) is 1.98. The Balaban J connectivity index is 2.38. The molecule has 1 heterocycles.